The van der Waals surface area contributed by atoms with Gasteiger partial charge in [-0.15, -0.1) is 10.2 Å². The van der Waals surface area contributed by atoms with Gasteiger partial charge in [-0.25, -0.2) is 4.98 Å². The first-order valence-electron chi connectivity index (χ1n) is 15.3. The summed E-state index contributed by atoms with van der Waals surface area (Å²) < 4.78 is 18.3. The van der Waals surface area contributed by atoms with Gasteiger partial charge in [0.1, 0.15) is 11.4 Å². The number of amides is 1. The lowest BCUT2D eigenvalue weighted by atomic mass is 9.99. The minimum absolute atomic E-state index is 0.0251. The summed E-state index contributed by atoms with van der Waals surface area (Å²) in [5.41, 5.74) is 10.9. The molecule has 4 heterocycles. The molecule has 2 aromatic carbocycles. The Morgan fingerprint density at radius 2 is 1.66 bits per heavy atom. The molecule has 6 rings (SSSR count). The van der Waals surface area contributed by atoms with Crippen LogP contribution in [0.3, 0.4) is 0 Å². The van der Waals surface area contributed by atoms with Gasteiger partial charge in [-0.1, -0.05) is 35.9 Å². The number of hydrogen-bond acceptors (Lipinski definition) is 9. The number of pyridine rings is 2. The average Bonchev–Trinajstić information content (AvgIpc) is 3.10. The maximum Gasteiger partial charge on any atom is 0.262 e. The van der Waals surface area contributed by atoms with Gasteiger partial charge in [0.2, 0.25) is 5.43 Å². The fourth-order valence-corrected chi connectivity index (χ4v) is 5.64. The lowest BCUT2D eigenvalue weighted by Gasteiger charge is -2.23. The third-order valence-corrected chi connectivity index (χ3v) is 8.31. The maximum atomic E-state index is 13.7. The van der Waals surface area contributed by atoms with Crippen LogP contribution in [-0.2, 0) is 11.3 Å². The van der Waals surface area contributed by atoms with Crippen molar-refractivity contribution in [3.8, 4) is 45.0 Å². The van der Waals surface area contributed by atoms with Crippen LogP contribution in [-0.4, -0.2) is 53.1 Å². The van der Waals surface area contributed by atoms with E-state index >= 15 is 0 Å². The smallest absolute Gasteiger partial charge is 0.262 e. The number of carbonyl (C=O) groups excluding carboxylic acids is 1. The highest BCUT2D eigenvalue weighted by Gasteiger charge is 2.20. The number of hydrogen-bond donors (Lipinski definition) is 2. The molecule has 1 aliphatic rings. The number of nitrogens with two attached hydrogens (primary N) is 1. The quantitative estimate of drug-likeness (QED) is 0.212. The molecule has 240 valence electrons. The molecule has 0 atom stereocenters. The van der Waals surface area contributed by atoms with E-state index in [1.54, 1.807) is 38.7 Å². The zero-order valence-electron chi connectivity index (χ0n) is 26.5. The van der Waals surface area contributed by atoms with E-state index in [0.29, 0.717) is 54.0 Å². The van der Waals surface area contributed by atoms with Crippen LogP contribution >= 0.6 is 0 Å². The van der Waals surface area contributed by atoms with Gasteiger partial charge in [-0.2, -0.15) is 0 Å². The summed E-state index contributed by atoms with van der Waals surface area (Å²) in [6.45, 7) is 4.08. The molecule has 3 aromatic heterocycles. The molecule has 0 unspecified atom stereocenters. The molecule has 0 bridgehead atoms. The third-order valence-electron chi connectivity index (χ3n) is 8.31. The average molecular weight is 633 g/mol. The number of aryl methyl sites for hydroxylation is 1. The molecule has 47 heavy (non-hydrogen) atoms. The van der Waals surface area contributed by atoms with Crippen LogP contribution in [0.15, 0.2) is 84.0 Å². The topological polar surface area (TPSA) is 143 Å². The number of carbonyl (C=O) groups is 1. The van der Waals surface area contributed by atoms with Gasteiger partial charge in [-0.05, 0) is 67.1 Å². The van der Waals surface area contributed by atoms with Crippen molar-refractivity contribution in [2.24, 2.45) is 5.92 Å². The molecule has 0 spiro atoms. The summed E-state index contributed by atoms with van der Waals surface area (Å²) in [7, 11) is 3.16. The number of ether oxygens (including phenoxy) is 3. The van der Waals surface area contributed by atoms with Crippen LogP contribution in [0.1, 0.15) is 28.8 Å². The summed E-state index contributed by atoms with van der Waals surface area (Å²) in [6.07, 6.45) is 6.97. The van der Waals surface area contributed by atoms with Crippen LogP contribution in [0.25, 0.3) is 33.5 Å². The monoisotopic (exact) mass is 632 g/mol. The predicted molar refractivity (Wildman–Crippen MR) is 181 cm³/mol. The second kappa shape index (κ2) is 13.8. The summed E-state index contributed by atoms with van der Waals surface area (Å²) in [4.78, 5) is 31.6. The second-order valence-corrected chi connectivity index (χ2v) is 11.5. The second-order valence-electron chi connectivity index (χ2n) is 11.5. The molecule has 0 radical (unpaired) electrons. The Morgan fingerprint density at radius 1 is 0.915 bits per heavy atom. The van der Waals surface area contributed by atoms with Crippen molar-refractivity contribution in [3.63, 3.8) is 0 Å². The first-order chi connectivity index (χ1) is 22.8. The van der Waals surface area contributed by atoms with E-state index in [0.717, 1.165) is 35.1 Å². The van der Waals surface area contributed by atoms with E-state index in [1.807, 2.05) is 66.2 Å². The van der Waals surface area contributed by atoms with E-state index < -0.39 is 5.91 Å². The zero-order valence-corrected chi connectivity index (χ0v) is 26.5. The van der Waals surface area contributed by atoms with E-state index in [4.69, 9.17) is 19.9 Å². The number of rotatable bonds is 9. The highest BCUT2D eigenvalue weighted by molar-refractivity contribution is 6.04. The number of methoxy groups -OCH3 is 2. The van der Waals surface area contributed by atoms with Crippen molar-refractivity contribution in [1.29, 1.82) is 0 Å². The minimum atomic E-state index is -0.566. The Bertz CT molecular complexity index is 1950. The maximum absolute atomic E-state index is 13.7. The zero-order chi connectivity index (χ0) is 32.9. The first kappa shape index (κ1) is 31.4. The number of anilines is 2. The summed E-state index contributed by atoms with van der Waals surface area (Å²) in [6, 6.07) is 18.4. The van der Waals surface area contributed by atoms with Gasteiger partial charge >= 0.3 is 0 Å². The van der Waals surface area contributed by atoms with Gasteiger partial charge < -0.3 is 29.8 Å². The van der Waals surface area contributed by atoms with Crippen molar-refractivity contribution in [2.75, 3.05) is 38.5 Å². The van der Waals surface area contributed by atoms with Crippen LogP contribution in [0.5, 0.6) is 11.5 Å². The van der Waals surface area contributed by atoms with Crippen molar-refractivity contribution in [2.45, 2.75) is 26.3 Å². The largest absolute Gasteiger partial charge is 0.493 e. The standard InChI is InChI=1S/C36H36N6O5/c1-22-4-6-24(7-5-22)28-20-42(19-23-12-14-47-15-13-23)21-29(34(28)43)36(44)39-33-11-9-30(40-41-33)27-16-26(18-38-35(27)37)25-8-10-31(45-2)32(17-25)46-3/h4-11,16-18,20-21,23H,12-15,19H2,1-3H3,(H2,37,38)(H,39,41,44). The molecule has 11 nitrogen and oxygen atoms in total. The van der Waals surface area contributed by atoms with Gasteiger partial charge in [0.15, 0.2) is 17.3 Å². The molecule has 1 amide bonds. The lowest BCUT2D eigenvalue weighted by Crippen LogP contribution is -2.27. The molecule has 1 saturated heterocycles. The Balaban J connectivity index is 1.26. The van der Waals surface area contributed by atoms with E-state index in [9.17, 15) is 9.59 Å². The van der Waals surface area contributed by atoms with Crippen molar-refractivity contribution in [1.82, 2.24) is 19.7 Å². The van der Waals surface area contributed by atoms with Gasteiger partial charge in [0.05, 0.1) is 19.9 Å². The molecule has 11 heteroatoms. The third kappa shape index (κ3) is 7.00. The molecular weight excluding hydrogens is 596 g/mol. The Kier molecular flexibility index (Phi) is 9.25. The predicted octanol–water partition coefficient (Wildman–Crippen LogP) is 5.62. The fourth-order valence-electron chi connectivity index (χ4n) is 5.64. The Labute approximate surface area is 272 Å². The van der Waals surface area contributed by atoms with Crippen LogP contribution in [0.4, 0.5) is 11.6 Å². The molecule has 5 aromatic rings. The Morgan fingerprint density at radius 3 is 2.36 bits per heavy atom. The Hall–Kier alpha value is -5.55. The number of aromatic nitrogens is 4. The summed E-state index contributed by atoms with van der Waals surface area (Å²) >= 11 is 0. The van der Waals surface area contributed by atoms with Crippen molar-refractivity contribution < 1.29 is 19.0 Å². The summed E-state index contributed by atoms with van der Waals surface area (Å²) in [5.74, 6) is 1.49. The van der Waals surface area contributed by atoms with E-state index in [-0.39, 0.29) is 22.6 Å². The van der Waals surface area contributed by atoms with Gasteiger partial charge in [0.25, 0.3) is 5.91 Å². The van der Waals surface area contributed by atoms with Crippen molar-refractivity contribution >= 4 is 17.5 Å². The molecule has 1 fully saturated rings. The SMILES string of the molecule is COc1ccc(-c2cnc(N)c(-c3ccc(NC(=O)c4cn(CC5CCOCC5)cc(-c5ccc(C)cc5)c4=O)nn3)c2)cc1OC. The lowest BCUT2D eigenvalue weighted by molar-refractivity contribution is 0.0612. The van der Waals surface area contributed by atoms with Crippen LogP contribution < -0.4 is 26.0 Å². The highest BCUT2D eigenvalue weighted by atomic mass is 16.5. The molecule has 3 N–H and O–H groups in total. The van der Waals surface area contributed by atoms with E-state index in [1.165, 1.54) is 0 Å². The first-order valence-corrected chi connectivity index (χ1v) is 15.3. The molecule has 1 aliphatic heterocycles. The number of benzene rings is 2. The fraction of sp³-hybridized carbons (Fsp3) is 0.250. The molecule has 0 saturated carbocycles. The number of nitrogens with zero attached hydrogens (tertiary/aromatic N) is 4. The van der Waals surface area contributed by atoms with Crippen molar-refractivity contribution in [3.05, 3.63) is 101 Å². The molecule has 0 aliphatic carbocycles. The van der Waals surface area contributed by atoms with Gasteiger partial charge in [0, 0.05) is 55.0 Å². The van der Waals surface area contributed by atoms with Gasteiger partial charge in [-0.3, -0.25) is 9.59 Å². The molecular formula is C36H36N6O5. The summed E-state index contributed by atoms with van der Waals surface area (Å²) in [5, 5.41) is 11.3. The number of nitrogen functional groups attached to an aromatic ring is 1. The number of nitrogens with one attached hydrogen (secondary N) is 1. The minimum Gasteiger partial charge on any atom is -0.493 e. The highest BCUT2D eigenvalue weighted by Crippen LogP contribution is 2.34. The normalized spacial score (nSPS) is 13.3. The van der Waals surface area contributed by atoms with E-state index in [2.05, 4.69) is 20.5 Å². The van der Waals surface area contributed by atoms with Crippen LogP contribution in [0, 0.1) is 12.8 Å². The van der Waals surface area contributed by atoms with Crippen LogP contribution in [0.2, 0.25) is 0 Å².